The van der Waals surface area contributed by atoms with Crippen LogP contribution in [0.1, 0.15) is 31.1 Å². The van der Waals surface area contributed by atoms with E-state index >= 15 is 0 Å². The first-order chi connectivity index (χ1) is 8.28. The number of hydrogen-bond acceptors (Lipinski definition) is 3. The molecule has 0 radical (unpaired) electrons. The fourth-order valence-electron chi connectivity index (χ4n) is 1.32. The summed E-state index contributed by atoms with van der Waals surface area (Å²) in [4.78, 5) is 22.6. The quantitative estimate of drug-likeness (QED) is 0.747. The molecule has 0 aromatic heterocycles. The van der Waals surface area contributed by atoms with Gasteiger partial charge in [0.25, 0.3) is 5.91 Å². The molecule has 0 saturated carbocycles. The normalized spacial score (nSPS) is 10.9. The van der Waals surface area contributed by atoms with Crippen molar-refractivity contribution in [2.45, 2.75) is 26.3 Å². The Kier molecular flexibility index (Phi) is 4.44. The van der Waals surface area contributed by atoms with Crippen LogP contribution in [0.4, 0.5) is 5.69 Å². The van der Waals surface area contributed by atoms with Crippen LogP contribution in [0.25, 0.3) is 0 Å². The number of hydrogen-bond donors (Lipinski definition) is 3. The first-order valence-corrected chi connectivity index (χ1v) is 5.73. The van der Waals surface area contributed by atoms with Gasteiger partial charge in [-0.3, -0.25) is 9.59 Å². The van der Waals surface area contributed by atoms with Crippen molar-refractivity contribution in [3.05, 3.63) is 29.8 Å². The predicted octanol–water partition coefficient (Wildman–Crippen LogP) is 1.11. The third-order valence-electron chi connectivity index (χ3n) is 2.17. The molecule has 4 N–H and O–H groups in total. The van der Waals surface area contributed by atoms with E-state index in [1.54, 1.807) is 24.3 Å². The summed E-state index contributed by atoms with van der Waals surface area (Å²) < 4.78 is 0. The van der Waals surface area contributed by atoms with Crippen molar-refractivity contribution in [2.75, 3.05) is 11.9 Å². The van der Waals surface area contributed by atoms with Crippen LogP contribution in [-0.2, 0) is 4.79 Å². The monoisotopic (exact) mass is 249 g/mol. The molecule has 0 atom stereocenters. The number of carbonyl (C=O) groups is 2. The Balaban J connectivity index is 2.62. The van der Waals surface area contributed by atoms with E-state index < -0.39 is 5.54 Å². The van der Waals surface area contributed by atoms with Gasteiger partial charge in [0.2, 0.25) is 5.91 Å². The first-order valence-electron chi connectivity index (χ1n) is 5.73. The van der Waals surface area contributed by atoms with Crippen LogP contribution in [0.15, 0.2) is 24.3 Å². The summed E-state index contributed by atoms with van der Waals surface area (Å²) in [5.74, 6) is -0.319. The van der Waals surface area contributed by atoms with Gasteiger partial charge in [0.1, 0.15) is 0 Å². The highest BCUT2D eigenvalue weighted by Crippen LogP contribution is 2.09. The van der Waals surface area contributed by atoms with E-state index in [9.17, 15) is 9.59 Å². The molecule has 18 heavy (non-hydrogen) atoms. The van der Waals surface area contributed by atoms with Gasteiger partial charge in [0.05, 0.1) is 0 Å². The second-order valence-electron chi connectivity index (χ2n) is 4.93. The number of nitrogens with one attached hydrogen (secondary N) is 2. The average Bonchev–Trinajstić information content (AvgIpc) is 2.25. The van der Waals surface area contributed by atoms with E-state index in [0.29, 0.717) is 17.8 Å². The molecule has 0 fully saturated rings. The minimum Gasteiger partial charge on any atom is -0.350 e. The standard InChI is InChI=1S/C13H19N3O2/c1-9(17)16-11-6-4-10(5-7-11)12(18)15-8-13(2,3)14/h4-7H,8,14H2,1-3H3,(H,15,18)(H,16,17). The smallest absolute Gasteiger partial charge is 0.251 e. The summed E-state index contributed by atoms with van der Waals surface area (Å²) in [6.07, 6.45) is 0. The largest absolute Gasteiger partial charge is 0.350 e. The van der Waals surface area contributed by atoms with Crippen LogP contribution in [0.2, 0.25) is 0 Å². The van der Waals surface area contributed by atoms with Crippen LogP contribution in [0, 0.1) is 0 Å². The maximum Gasteiger partial charge on any atom is 0.251 e. The summed E-state index contributed by atoms with van der Waals surface area (Å²) in [6, 6.07) is 6.68. The Morgan fingerprint density at radius 1 is 1.22 bits per heavy atom. The SMILES string of the molecule is CC(=O)Nc1ccc(C(=O)NCC(C)(C)N)cc1. The lowest BCUT2D eigenvalue weighted by atomic mass is 10.1. The van der Waals surface area contributed by atoms with Crippen LogP contribution in [0.3, 0.4) is 0 Å². The minimum absolute atomic E-state index is 0.142. The van der Waals surface area contributed by atoms with E-state index in [0.717, 1.165) is 0 Å². The zero-order valence-corrected chi connectivity index (χ0v) is 10.9. The van der Waals surface area contributed by atoms with Gasteiger partial charge in [-0.2, -0.15) is 0 Å². The Bertz CT molecular complexity index is 433. The van der Waals surface area contributed by atoms with Gasteiger partial charge in [-0.1, -0.05) is 0 Å². The highest BCUT2D eigenvalue weighted by Gasteiger charge is 2.13. The maximum atomic E-state index is 11.8. The third-order valence-corrected chi connectivity index (χ3v) is 2.17. The van der Waals surface area contributed by atoms with E-state index in [-0.39, 0.29) is 11.8 Å². The molecule has 0 aliphatic rings. The summed E-state index contributed by atoms with van der Waals surface area (Å²) >= 11 is 0. The van der Waals surface area contributed by atoms with E-state index in [1.807, 2.05) is 13.8 Å². The third kappa shape index (κ3) is 4.97. The van der Waals surface area contributed by atoms with Gasteiger partial charge in [-0.15, -0.1) is 0 Å². The first kappa shape index (κ1) is 14.2. The zero-order valence-electron chi connectivity index (χ0n) is 10.9. The van der Waals surface area contributed by atoms with Crippen molar-refractivity contribution in [3.8, 4) is 0 Å². The van der Waals surface area contributed by atoms with Gasteiger partial charge in [-0.05, 0) is 38.1 Å². The highest BCUT2D eigenvalue weighted by molar-refractivity contribution is 5.95. The molecule has 1 rings (SSSR count). The number of nitrogens with two attached hydrogens (primary N) is 1. The summed E-state index contributed by atoms with van der Waals surface area (Å²) in [5, 5.41) is 5.38. The lowest BCUT2D eigenvalue weighted by molar-refractivity contribution is -0.114. The number of amides is 2. The molecular weight excluding hydrogens is 230 g/mol. The number of rotatable bonds is 4. The molecule has 0 unspecified atom stereocenters. The summed E-state index contributed by atoms with van der Waals surface area (Å²) in [6.45, 7) is 5.52. The zero-order chi connectivity index (χ0) is 13.8. The van der Waals surface area contributed by atoms with Crippen molar-refractivity contribution < 1.29 is 9.59 Å². The predicted molar refractivity (Wildman–Crippen MR) is 71.3 cm³/mol. The maximum absolute atomic E-state index is 11.8. The average molecular weight is 249 g/mol. The van der Waals surface area contributed by atoms with Crippen molar-refractivity contribution in [1.82, 2.24) is 5.32 Å². The number of benzene rings is 1. The second kappa shape index (κ2) is 5.64. The Hall–Kier alpha value is -1.88. The fraction of sp³-hybridized carbons (Fsp3) is 0.385. The topological polar surface area (TPSA) is 84.2 Å². The molecule has 0 heterocycles. The van der Waals surface area contributed by atoms with Crippen molar-refractivity contribution in [1.29, 1.82) is 0 Å². The molecule has 0 spiro atoms. The lowest BCUT2D eigenvalue weighted by Gasteiger charge is -2.18. The van der Waals surface area contributed by atoms with Crippen LogP contribution < -0.4 is 16.4 Å². The molecule has 0 bridgehead atoms. The molecular formula is C13H19N3O2. The molecule has 1 aromatic rings. The molecule has 98 valence electrons. The molecule has 0 aliphatic heterocycles. The van der Waals surface area contributed by atoms with E-state index in [4.69, 9.17) is 5.73 Å². The van der Waals surface area contributed by atoms with Gasteiger partial charge in [0.15, 0.2) is 0 Å². The van der Waals surface area contributed by atoms with Gasteiger partial charge in [0, 0.05) is 30.3 Å². The molecule has 0 aliphatic carbocycles. The van der Waals surface area contributed by atoms with E-state index in [1.165, 1.54) is 6.92 Å². The Labute approximate surface area is 107 Å². The van der Waals surface area contributed by atoms with Crippen molar-refractivity contribution >= 4 is 17.5 Å². The second-order valence-corrected chi connectivity index (χ2v) is 4.93. The highest BCUT2D eigenvalue weighted by atomic mass is 16.2. The van der Waals surface area contributed by atoms with Crippen LogP contribution in [0.5, 0.6) is 0 Å². The molecule has 2 amide bonds. The van der Waals surface area contributed by atoms with Crippen LogP contribution in [-0.4, -0.2) is 23.9 Å². The Morgan fingerprint density at radius 2 is 1.78 bits per heavy atom. The Morgan fingerprint density at radius 3 is 2.22 bits per heavy atom. The molecule has 5 nitrogen and oxygen atoms in total. The molecule has 1 aromatic carbocycles. The number of anilines is 1. The minimum atomic E-state index is -0.439. The van der Waals surface area contributed by atoms with Crippen molar-refractivity contribution in [2.24, 2.45) is 5.73 Å². The van der Waals surface area contributed by atoms with Gasteiger partial charge < -0.3 is 16.4 Å². The van der Waals surface area contributed by atoms with E-state index in [2.05, 4.69) is 10.6 Å². The lowest BCUT2D eigenvalue weighted by Crippen LogP contribution is -2.45. The van der Waals surface area contributed by atoms with Gasteiger partial charge >= 0.3 is 0 Å². The molecule has 5 heteroatoms. The summed E-state index contributed by atoms with van der Waals surface area (Å²) in [7, 11) is 0. The fourth-order valence-corrected chi connectivity index (χ4v) is 1.32. The van der Waals surface area contributed by atoms with Gasteiger partial charge in [-0.25, -0.2) is 0 Å². The summed E-state index contributed by atoms with van der Waals surface area (Å²) in [5.41, 5.74) is 6.54. The van der Waals surface area contributed by atoms with Crippen LogP contribution >= 0.6 is 0 Å². The number of carbonyl (C=O) groups excluding carboxylic acids is 2. The van der Waals surface area contributed by atoms with Crippen molar-refractivity contribution in [3.63, 3.8) is 0 Å². The molecule has 0 saturated heterocycles.